The quantitative estimate of drug-likeness (QED) is 0.680. The van der Waals surface area contributed by atoms with Crippen LogP contribution >= 0.6 is 23.2 Å². The molecule has 1 heterocycles. The van der Waals surface area contributed by atoms with Crippen LogP contribution in [0.25, 0.3) is 6.08 Å². The standard InChI is InChI=1S/C18H21Cl2N3O2/c19-16-3-4-17(20)15(14-16)2-5-18(24)23(7-1-6-21)9-8-22-10-12-25-13-11-22/h2-5,14H,1,7-13H2/b5-2+. The van der Waals surface area contributed by atoms with E-state index in [9.17, 15) is 4.79 Å². The van der Waals surface area contributed by atoms with Crippen molar-refractivity contribution in [2.75, 3.05) is 45.9 Å². The zero-order valence-electron chi connectivity index (χ0n) is 14.0. The molecular formula is C18H21Cl2N3O2. The van der Waals surface area contributed by atoms with Crippen molar-refractivity contribution in [1.29, 1.82) is 5.26 Å². The van der Waals surface area contributed by atoms with Gasteiger partial charge in [0.25, 0.3) is 0 Å². The zero-order valence-corrected chi connectivity index (χ0v) is 15.5. The topological polar surface area (TPSA) is 56.6 Å². The van der Waals surface area contributed by atoms with E-state index in [0.717, 1.165) is 32.8 Å². The molecule has 0 aromatic heterocycles. The van der Waals surface area contributed by atoms with E-state index < -0.39 is 0 Å². The highest BCUT2D eigenvalue weighted by Gasteiger charge is 2.15. The first-order valence-corrected chi connectivity index (χ1v) is 8.95. The van der Waals surface area contributed by atoms with Gasteiger partial charge in [-0.2, -0.15) is 5.26 Å². The number of carbonyl (C=O) groups excluding carboxylic acids is 1. The van der Waals surface area contributed by atoms with Gasteiger partial charge in [0, 0.05) is 48.8 Å². The number of carbonyl (C=O) groups is 1. The van der Waals surface area contributed by atoms with Crippen LogP contribution in [0.2, 0.25) is 10.0 Å². The van der Waals surface area contributed by atoms with Crippen molar-refractivity contribution in [2.45, 2.75) is 6.42 Å². The van der Waals surface area contributed by atoms with Crippen molar-refractivity contribution >= 4 is 35.2 Å². The Morgan fingerprint density at radius 2 is 2.08 bits per heavy atom. The summed E-state index contributed by atoms with van der Waals surface area (Å²) in [6, 6.07) is 7.19. The predicted molar refractivity (Wildman–Crippen MR) is 99.6 cm³/mol. The molecule has 1 aliphatic heterocycles. The van der Waals surface area contributed by atoms with Crippen LogP contribution in [-0.2, 0) is 9.53 Å². The fourth-order valence-electron chi connectivity index (χ4n) is 2.51. The molecular weight excluding hydrogens is 361 g/mol. The molecule has 1 saturated heterocycles. The Labute approximate surface area is 158 Å². The van der Waals surface area contributed by atoms with Crippen LogP contribution in [0.1, 0.15) is 12.0 Å². The molecule has 0 saturated carbocycles. The normalized spacial score (nSPS) is 15.2. The summed E-state index contributed by atoms with van der Waals surface area (Å²) in [5, 5.41) is 9.92. The van der Waals surface area contributed by atoms with Crippen LogP contribution in [0.3, 0.4) is 0 Å². The minimum absolute atomic E-state index is 0.139. The lowest BCUT2D eigenvalue weighted by atomic mass is 10.2. The number of hydrogen-bond donors (Lipinski definition) is 0. The maximum atomic E-state index is 12.5. The van der Waals surface area contributed by atoms with E-state index in [2.05, 4.69) is 11.0 Å². The first kappa shape index (κ1) is 19.7. The monoisotopic (exact) mass is 381 g/mol. The van der Waals surface area contributed by atoms with E-state index in [1.54, 1.807) is 29.2 Å². The van der Waals surface area contributed by atoms with Gasteiger partial charge in [0.1, 0.15) is 0 Å². The highest BCUT2D eigenvalue weighted by atomic mass is 35.5. The van der Waals surface area contributed by atoms with Gasteiger partial charge >= 0.3 is 0 Å². The molecule has 7 heteroatoms. The highest BCUT2D eigenvalue weighted by Crippen LogP contribution is 2.21. The van der Waals surface area contributed by atoms with Gasteiger partial charge in [-0.1, -0.05) is 23.2 Å². The van der Waals surface area contributed by atoms with Gasteiger partial charge in [-0.25, -0.2) is 0 Å². The third kappa shape index (κ3) is 6.68. The number of halogens is 2. The molecule has 25 heavy (non-hydrogen) atoms. The summed E-state index contributed by atoms with van der Waals surface area (Å²) in [6.07, 6.45) is 3.44. The number of nitriles is 1. The molecule has 134 valence electrons. The third-order valence-corrected chi connectivity index (χ3v) is 4.54. The number of nitrogens with zero attached hydrogens (tertiary/aromatic N) is 3. The minimum atomic E-state index is -0.139. The SMILES string of the molecule is N#CCCN(CCN1CCOCC1)C(=O)/C=C/c1cc(Cl)ccc1Cl. The van der Waals surface area contributed by atoms with Crippen LogP contribution in [-0.4, -0.2) is 61.6 Å². The molecule has 0 N–H and O–H groups in total. The fraction of sp³-hybridized carbons (Fsp3) is 0.444. The van der Waals surface area contributed by atoms with Crippen molar-refractivity contribution in [3.8, 4) is 6.07 Å². The summed E-state index contributed by atoms with van der Waals surface area (Å²) < 4.78 is 5.33. The molecule has 1 aromatic rings. The van der Waals surface area contributed by atoms with Crippen molar-refractivity contribution in [1.82, 2.24) is 9.80 Å². The summed E-state index contributed by atoms with van der Waals surface area (Å²) >= 11 is 12.1. The first-order valence-electron chi connectivity index (χ1n) is 8.19. The second kappa shape index (κ2) is 10.4. The second-order valence-electron chi connectivity index (χ2n) is 5.69. The van der Waals surface area contributed by atoms with E-state index in [1.807, 2.05) is 0 Å². The summed E-state index contributed by atoms with van der Waals surface area (Å²) in [6.45, 7) is 4.94. The Morgan fingerprint density at radius 1 is 1.32 bits per heavy atom. The summed E-state index contributed by atoms with van der Waals surface area (Å²) in [4.78, 5) is 16.4. The van der Waals surface area contributed by atoms with E-state index >= 15 is 0 Å². The van der Waals surface area contributed by atoms with Crippen molar-refractivity contribution in [3.05, 3.63) is 39.9 Å². The summed E-state index contributed by atoms with van der Waals surface area (Å²) in [7, 11) is 0. The van der Waals surface area contributed by atoms with Crippen LogP contribution in [0.15, 0.2) is 24.3 Å². The van der Waals surface area contributed by atoms with E-state index in [-0.39, 0.29) is 5.91 Å². The molecule has 1 aromatic carbocycles. The molecule has 1 fully saturated rings. The number of ether oxygens (including phenoxy) is 1. The van der Waals surface area contributed by atoms with Crippen LogP contribution in [0, 0.1) is 11.3 Å². The van der Waals surface area contributed by atoms with Crippen LogP contribution in [0.4, 0.5) is 0 Å². The largest absolute Gasteiger partial charge is 0.379 e. The molecule has 0 radical (unpaired) electrons. The number of morpholine rings is 1. The minimum Gasteiger partial charge on any atom is -0.379 e. The average molecular weight is 382 g/mol. The summed E-state index contributed by atoms with van der Waals surface area (Å²) in [5.41, 5.74) is 0.691. The molecule has 0 spiro atoms. The zero-order chi connectivity index (χ0) is 18.1. The lowest BCUT2D eigenvalue weighted by molar-refractivity contribution is -0.126. The maximum absolute atomic E-state index is 12.5. The molecule has 0 unspecified atom stereocenters. The van der Waals surface area contributed by atoms with Crippen LogP contribution in [0.5, 0.6) is 0 Å². The van der Waals surface area contributed by atoms with Gasteiger partial charge in [0.15, 0.2) is 0 Å². The van der Waals surface area contributed by atoms with E-state index in [0.29, 0.717) is 35.1 Å². The van der Waals surface area contributed by atoms with Gasteiger partial charge in [-0.15, -0.1) is 0 Å². The summed E-state index contributed by atoms with van der Waals surface area (Å²) in [5.74, 6) is -0.139. The Hall–Kier alpha value is -1.58. The Kier molecular flexibility index (Phi) is 8.23. The average Bonchev–Trinajstić information content (AvgIpc) is 2.63. The van der Waals surface area contributed by atoms with E-state index in [1.165, 1.54) is 6.08 Å². The molecule has 5 nitrogen and oxygen atoms in total. The second-order valence-corrected chi connectivity index (χ2v) is 6.53. The number of rotatable bonds is 7. The highest BCUT2D eigenvalue weighted by molar-refractivity contribution is 6.34. The molecule has 0 bridgehead atoms. The lowest BCUT2D eigenvalue weighted by Gasteiger charge is -2.29. The van der Waals surface area contributed by atoms with Gasteiger partial charge in [0.05, 0.1) is 25.7 Å². The van der Waals surface area contributed by atoms with Gasteiger partial charge < -0.3 is 9.64 Å². The molecule has 2 rings (SSSR count). The smallest absolute Gasteiger partial charge is 0.246 e. The molecule has 1 aliphatic rings. The number of benzene rings is 1. The van der Waals surface area contributed by atoms with Crippen LogP contribution < -0.4 is 0 Å². The molecule has 0 aliphatic carbocycles. The van der Waals surface area contributed by atoms with Gasteiger partial charge in [0.2, 0.25) is 5.91 Å². The maximum Gasteiger partial charge on any atom is 0.246 e. The third-order valence-electron chi connectivity index (χ3n) is 3.96. The van der Waals surface area contributed by atoms with Crippen molar-refractivity contribution < 1.29 is 9.53 Å². The predicted octanol–water partition coefficient (Wildman–Crippen LogP) is 3.08. The Morgan fingerprint density at radius 3 is 2.80 bits per heavy atom. The number of amides is 1. The van der Waals surface area contributed by atoms with Crippen molar-refractivity contribution in [2.24, 2.45) is 0 Å². The first-order chi connectivity index (χ1) is 12.1. The van der Waals surface area contributed by atoms with E-state index in [4.69, 9.17) is 33.2 Å². The van der Waals surface area contributed by atoms with Crippen molar-refractivity contribution in [3.63, 3.8) is 0 Å². The lowest BCUT2D eigenvalue weighted by Crippen LogP contribution is -2.43. The Bertz CT molecular complexity index is 652. The fourth-order valence-corrected chi connectivity index (χ4v) is 2.87. The number of hydrogen-bond acceptors (Lipinski definition) is 4. The molecule has 1 amide bonds. The molecule has 0 atom stereocenters. The Balaban J connectivity index is 1.97. The van der Waals surface area contributed by atoms with Gasteiger partial charge in [-0.05, 0) is 29.8 Å². The van der Waals surface area contributed by atoms with Gasteiger partial charge in [-0.3, -0.25) is 9.69 Å².